The number of rotatable bonds is 9. The van der Waals surface area contributed by atoms with Crippen LogP contribution in [0.25, 0.3) is 0 Å². The van der Waals surface area contributed by atoms with E-state index in [4.69, 9.17) is 10.5 Å². The summed E-state index contributed by atoms with van der Waals surface area (Å²) < 4.78 is 22.3. The molecule has 0 spiro atoms. The van der Waals surface area contributed by atoms with Gasteiger partial charge in [0, 0.05) is 11.1 Å². The Kier molecular flexibility index (Phi) is 7.05. The van der Waals surface area contributed by atoms with Crippen LogP contribution in [0.3, 0.4) is 0 Å². The molecule has 1 aliphatic carbocycles. The molecule has 0 radical (unpaired) electrons. The topological polar surface area (TPSA) is 125 Å². The molecule has 1 aliphatic rings. The van der Waals surface area contributed by atoms with Gasteiger partial charge in [-0.2, -0.15) is 4.72 Å². The van der Waals surface area contributed by atoms with Crippen molar-refractivity contribution in [1.29, 1.82) is 0 Å². The fourth-order valence-corrected chi connectivity index (χ4v) is 4.89. The number of amides is 1. The van der Waals surface area contributed by atoms with E-state index in [1.54, 1.807) is 31.2 Å². The van der Waals surface area contributed by atoms with E-state index in [1.165, 1.54) is 30.5 Å². The average Bonchev–Trinajstić information content (AvgIpc) is 3.66. The number of carboxylic acids is 1. The van der Waals surface area contributed by atoms with Crippen molar-refractivity contribution in [2.75, 3.05) is 4.72 Å². The summed E-state index contributed by atoms with van der Waals surface area (Å²) in [5.74, 6) is -0.695. The molecule has 35 heavy (non-hydrogen) atoms. The predicted octanol–water partition coefficient (Wildman–Crippen LogP) is 5.39. The molecule has 0 saturated heterocycles. The number of primary amides is 1. The predicted molar refractivity (Wildman–Crippen MR) is 135 cm³/mol. The van der Waals surface area contributed by atoms with Gasteiger partial charge in [0.15, 0.2) is 10.6 Å². The van der Waals surface area contributed by atoms with E-state index in [9.17, 15) is 19.2 Å². The summed E-state index contributed by atoms with van der Waals surface area (Å²) in [5, 5.41) is 9.27. The number of hydrogen-bond acceptors (Lipinski definition) is 5. The molecule has 1 amide bonds. The average molecular weight is 493 g/mol. The number of benzene rings is 3. The lowest BCUT2D eigenvalue weighted by Crippen LogP contribution is -2.17. The molecule has 182 valence electrons. The van der Waals surface area contributed by atoms with Gasteiger partial charge in [0.2, 0.25) is 5.91 Å². The molecule has 4 N–H and O–H groups in total. The van der Waals surface area contributed by atoms with E-state index in [0.717, 1.165) is 11.1 Å². The maximum absolute atomic E-state index is 13.2. The highest BCUT2D eigenvalue weighted by Crippen LogP contribution is 2.41. The summed E-state index contributed by atoms with van der Waals surface area (Å²) in [4.78, 5) is 23.7. The Morgan fingerprint density at radius 1 is 1.06 bits per heavy atom. The summed E-state index contributed by atoms with van der Waals surface area (Å²) in [6, 6.07) is 15.8. The Morgan fingerprint density at radius 2 is 1.77 bits per heavy atom. The second kappa shape index (κ2) is 10.0. The zero-order valence-electron chi connectivity index (χ0n) is 19.8. The molecule has 2 atom stereocenters. The second-order valence-corrected chi connectivity index (χ2v) is 10.1. The molecule has 2 unspecified atom stereocenters. The highest BCUT2D eigenvalue weighted by molar-refractivity contribution is 7.92. The summed E-state index contributed by atoms with van der Waals surface area (Å²) in [5.41, 5.74) is 9.66. The highest BCUT2D eigenvalue weighted by Gasteiger charge is 2.26. The number of nitrogens with two attached hydrogens (primary N) is 1. The minimum atomic E-state index is -1.60. The summed E-state index contributed by atoms with van der Waals surface area (Å²) in [6.45, 7) is 5.37. The van der Waals surface area contributed by atoms with Crippen LogP contribution < -0.4 is 15.2 Å². The first kappa shape index (κ1) is 24.6. The lowest BCUT2D eigenvalue weighted by molar-refractivity contribution is -0.138. The first-order chi connectivity index (χ1) is 16.6. The molecule has 3 aromatic carbocycles. The van der Waals surface area contributed by atoms with Gasteiger partial charge in [-0.15, -0.1) is 0 Å². The van der Waals surface area contributed by atoms with E-state index in [2.05, 4.69) is 10.8 Å². The van der Waals surface area contributed by atoms with Crippen molar-refractivity contribution in [3.63, 3.8) is 0 Å². The largest absolute Gasteiger partial charge is 0.588 e. The third-order valence-electron chi connectivity index (χ3n) is 6.20. The Bertz CT molecular complexity index is 1290. The van der Waals surface area contributed by atoms with Crippen LogP contribution >= 0.6 is 0 Å². The maximum Gasteiger partial charge on any atom is 0.310 e. The minimum absolute atomic E-state index is 0.250. The van der Waals surface area contributed by atoms with E-state index < -0.39 is 29.2 Å². The van der Waals surface area contributed by atoms with Gasteiger partial charge in [-0.25, -0.2) is 0 Å². The Labute approximate surface area is 207 Å². The van der Waals surface area contributed by atoms with Gasteiger partial charge in [0.1, 0.15) is 22.8 Å². The van der Waals surface area contributed by atoms with Gasteiger partial charge in [-0.3, -0.25) is 9.59 Å². The molecule has 0 aliphatic heterocycles. The Morgan fingerprint density at radius 3 is 2.37 bits per heavy atom. The maximum atomic E-state index is 13.2. The zero-order chi connectivity index (χ0) is 25.3. The zero-order valence-corrected chi connectivity index (χ0v) is 20.6. The number of carboxylic acid groups (broad SMARTS) is 1. The quantitative estimate of drug-likeness (QED) is 0.344. The molecule has 1 saturated carbocycles. The summed E-state index contributed by atoms with van der Waals surface area (Å²) in [6.07, 6.45) is 2.38. The first-order valence-corrected chi connectivity index (χ1v) is 12.5. The van der Waals surface area contributed by atoms with Crippen molar-refractivity contribution >= 4 is 28.9 Å². The van der Waals surface area contributed by atoms with Crippen LogP contribution in [0.1, 0.15) is 64.2 Å². The van der Waals surface area contributed by atoms with Crippen molar-refractivity contribution in [3.05, 3.63) is 82.4 Å². The molecule has 7 nitrogen and oxygen atoms in total. The van der Waals surface area contributed by atoms with Crippen molar-refractivity contribution in [1.82, 2.24) is 0 Å². The highest BCUT2D eigenvalue weighted by atomic mass is 32.2. The van der Waals surface area contributed by atoms with Crippen molar-refractivity contribution in [2.24, 2.45) is 5.73 Å². The van der Waals surface area contributed by atoms with Crippen LogP contribution in [0, 0.1) is 13.8 Å². The van der Waals surface area contributed by atoms with Crippen LogP contribution in [0.15, 0.2) is 59.5 Å². The normalized spacial score (nSPS) is 14.7. The van der Waals surface area contributed by atoms with Crippen molar-refractivity contribution in [3.8, 4) is 11.5 Å². The minimum Gasteiger partial charge on any atom is -0.588 e. The third-order valence-corrected chi connectivity index (χ3v) is 7.47. The fourth-order valence-electron chi connectivity index (χ4n) is 3.88. The summed E-state index contributed by atoms with van der Waals surface area (Å²) >= 11 is -1.60. The van der Waals surface area contributed by atoms with Crippen molar-refractivity contribution < 1.29 is 24.0 Å². The molecule has 0 aromatic heterocycles. The van der Waals surface area contributed by atoms with Crippen LogP contribution in [-0.2, 0) is 16.2 Å². The van der Waals surface area contributed by atoms with Crippen LogP contribution in [0.5, 0.6) is 11.5 Å². The number of carbonyl (C=O) groups is 2. The van der Waals surface area contributed by atoms with Gasteiger partial charge in [-0.1, -0.05) is 24.3 Å². The first-order valence-electron chi connectivity index (χ1n) is 11.4. The molecule has 8 heteroatoms. The number of anilines is 1. The number of nitrogens with one attached hydrogen (secondary N) is 1. The van der Waals surface area contributed by atoms with Gasteiger partial charge >= 0.3 is 5.97 Å². The molecule has 3 aromatic rings. The van der Waals surface area contributed by atoms with Gasteiger partial charge in [-0.05, 0) is 86.6 Å². The van der Waals surface area contributed by atoms with Crippen LogP contribution in [0.2, 0.25) is 0 Å². The van der Waals surface area contributed by atoms with E-state index >= 15 is 0 Å². The van der Waals surface area contributed by atoms with Crippen LogP contribution in [-0.4, -0.2) is 21.5 Å². The Balaban J connectivity index is 1.61. The third kappa shape index (κ3) is 5.61. The lowest BCUT2D eigenvalue weighted by atomic mass is 9.99. The van der Waals surface area contributed by atoms with E-state index in [1.807, 2.05) is 26.0 Å². The monoisotopic (exact) mass is 492 g/mol. The van der Waals surface area contributed by atoms with Crippen molar-refractivity contribution in [2.45, 2.75) is 50.3 Å². The smallest absolute Gasteiger partial charge is 0.310 e. The molecular formula is C27H28N2O5S. The second-order valence-electron chi connectivity index (χ2n) is 8.93. The fraction of sp³-hybridized carbons (Fsp3) is 0.259. The lowest BCUT2D eigenvalue weighted by Gasteiger charge is -2.18. The molecule has 0 bridgehead atoms. The number of aliphatic carboxylic acids is 1. The Hall–Kier alpha value is -3.49. The number of hydrogen-bond donors (Lipinski definition) is 3. The van der Waals surface area contributed by atoms with E-state index in [-0.39, 0.29) is 5.56 Å². The van der Waals surface area contributed by atoms with Gasteiger partial charge < -0.3 is 20.1 Å². The van der Waals surface area contributed by atoms with Gasteiger partial charge in [0.25, 0.3) is 0 Å². The number of carbonyl (C=O) groups excluding carboxylic acids is 1. The number of aryl methyl sites for hydroxylation is 2. The number of ether oxygens (including phenoxy) is 1. The van der Waals surface area contributed by atoms with Crippen LogP contribution in [0.4, 0.5) is 5.69 Å². The molecule has 1 fully saturated rings. The standard InChI is InChI=1S/C27H28N2O5S/c1-15-12-19(17(3)27(31)32)6-9-23(15)34-24-10-7-21(26(28)30)14-22(24)29-35(33)25-11-8-20(13-16(25)2)18-4-5-18/h6-14,17-18,29H,4-5H2,1-3H3,(H2,28,30)(H,31,32). The van der Waals surface area contributed by atoms with Gasteiger partial charge in [0.05, 0.1) is 5.92 Å². The van der Waals surface area contributed by atoms with E-state index in [0.29, 0.717) is 33.6 Å². The molecule has 0 heterocycles. The molecular weight excluding hydrogens is 464 g/mol. The summed E-state index contributed by atoms with van der Waals surface area (Å²) in [7, 11) is 0. The molecule has 4 rings (SSSR count). The SMILES string of the molecule is Cc1cc(C(C)C(=O)O)ccc1Oc1ccc(C(N)=O)cc1N[S+]([O-])c1ccc(C2CC2)cc1C.